The van der Waals surface area contributed by atoms with Crippen LogP contribution in [0.1, 0.15) is 86.5 Å². The topological polar surface area (TPSA) is 78.9 Å². The molecule has 0 radical (unpaired) electrons. The summed E-state index contributed by atoms with van der Waals surface area (Å²) in [7, 11) is 0. The number of fused-ring (bicyclic) bond motifs is 5. The largest absolute Gasteiger partial charge is 0.463 e. The van der Waals surface area contributed by atoms with E-state index in [1.165, 1.54) is 31.9 Å². The third-order valence-corrected chi connectivity index (χ3v) is 9.04. The smallest absolute Gasteiger partial charge is 0.307 e. The van der Waals surface area contributed by atoms with E-state index in [4.69, 9.17) is 14.2 Å². The minimum absolute atomic E-state index is 0.0393. The van der Waals surface area contributed by atoms with Gasteiger partial charge in [0.1, 0.15) is 18.0 Å². The van der Waals surface area contributed by atoms with E-state index in [1.54, 1.807) is 0 Å². The SMILES string of the molecule is CC(=O)OC1=C2C(=CC[C@@H]3C[C@H](OC(C)=O)CC[C@]23C)[C@@H]2CC[C@H]([C@@H](C)OC(C)=O)[C@@]2(C)C1. The van der Waals surface area contributed by atoms with Crippen molar-refractivity contribution in [2.75, 3.05) is 0 Å². The van der Waals surface area contributed by atoms with Crippen LogP contribution in [0.2, 0.25) is 0 Å². The van der Waals surface area contributed by atoms with Crippen LogP contribution in [0.15, 0.2) is 23.0 Å². The molecule has 0 aromatic rings. The van der Waals surface area contributed by atoms with Crippen molar-refractivity contribution < 1.29 is 28.6 Å². The fraction of sp³-hybridized carbons (Fsp3) is 0.741. The summed E-state index contributed by atoms with van der Waals surface area (Å²) in [6.07, 6.45) is 8.37. The molecule has 0 unspecified atom stereocenters. The van der Waals surface area contributed by atoms with E-state index < -0.39 is 0 Å². The highest BCUT2D eigenvalue weighted by Crippen LogP contribution is 2.66. The van der Waals surface area contributed by atoms with Gasteiger partial charge in [0, 0.05) is 33.1 Å². The molecule has 4 rings (SSSR count). The van der Waals surface area contributed by atoms with Crippen LogP contribution in [-0.4, -0.2) is 30.1 Å². The molecule has 4 aliphatic carbocycles. The summed E-state index contributed by atoms with van der Waals surface area (Å²) in [5, 5.41) is 0. The van der Waals surface area contributed by atoms with E-state index in [9.17, 15) is 14.4 Å². The molecule has 2 saturated carbocycles. The second kappa shape index (κ2) is 8.59. The van der Waals surface area contributed by atoms with Gasteiger partial charge in [0.2, 0.25) is 0 Å². The second-order valence-electron chi connectivity index (χ2n) is 11.1. The van der Waals surface area contributed by atoms with E-state index in [0.29, 0.717) is 18.3 Å². The van der Waals surface area contributed by atoms with Gasteiger partial charge in [0.15, 0.2) is 0 Å². The fourth-order valence-corrected chi connectivity index (χ4v) is 7.72. The Bertz CT molecular complexity index is 916. The molecule has 0 amide bonds. The second-order valence-corrected chi connectivity index (χ2v) is 11.1. The average molecular weight is 459 g/mol. The van der Waals surface area contributed by atoms with Gasteiger partial charge in [-0.2, -0.15) is 0 Å². The molecular weight excluding hydrogens is 420 g/mol. The number of ether oxygens (including phenoxy) is 3. The van der Waals surface area contributed by atoms with Crippen LogP contribution in [0.4, 0.5) is 0 Å². The summed E-state index contributed by atoms with van der Waals surface area (Å²) >= 11 is 0. The standard InChI is InChI=1S/C27H38O6/c1-15(31-16(2)28)22-9-10-23-21-8-7-19-13-20(32-17(3)29)11-12-26(19,5)25(21)24(33-18(4)30)14-27(22,23)6/h8,15,19-20,22-23H,7,9-14H2,1-6H3/t15-,19-,20-,22-,23+,26+,27-/m1/s1. The molecule has 0 aromatic carbocycles. The van der Waals surface area contributed by atoms with Crippen molar-refractivity contribution >= 4 is 17.9 Å². The molecule has 0 aromatic heterocycles. The van der Waals surface area contributed by atoms with E-state index in [-0.39, 0.29) is 46.9 Å². The number of esters is 3. The lowest BCUT2D eigenvalue weighted by Gasteiger charge is -2.54. The first kappa shape index (κ1) is 24.0. The molecule has 0 N–H and O–H groups in total. The number of rotatable bonds is 4. The van der Waals surface area contributed by atoms with Gasteiger partial charge in [-0.15, -0.1) is 0 Å². The van der Waals surface area contributed by atoms with E-state index in [1.807, 2.05) is 6.92 Å². The first-order chi connectivity index (χ1) is 15.5. The van der Waals surface area contributed by atoms with Crippen molar-refractivity contribution in [3.63, 3.8) is 0 Å². The average Bonchev–Trinajstić information content (AvgIpc) is 3.03. The van der Waals surface area contributed by atoms with Gasteiger partial charge < -0.3 is 14.2 Å². The Morgan fingerprint density at radius 2 is 1.76 bits per heavy atom. The Morgan fingerprint density at radius 1 is 1.03 bits per heavy atom. The van der Waals surface area contributed by atoms with E-state index in [0.717, 1.165) is 44.3 Å². The van der Waals surface area contributed by atoms with Crippen molar-refractivity contribution in [2.45, 2.75) is 98.7 Å². The Hall–Kier alpha value is -2.11. The first-order valence-corrected chi connectivity index (χ1v) is 12.4. The van der Waals surface area contributed by atoms with Gasteiger partial charge in [-0.1, -0.05) is 19.9 Å². The summed E-state index contributed by atoms with van der Waals surface area (Å²) in [6, 6.07) is 0. The molecule has 6 nitrogen and oxygen atoms in total. The van der Waals surface area contributed by atoms with E-state index in [2.05, 4.69) is 19.9 Å². The van der Waals surface area contributed by atoms with Crippen LogP contribution in [-0.2, 0) is 28.6 Å². The summed E-state index contributed by atoms with van der Waals surface area (Å²) in [6.45, 7) is 11.0. The lowest BCUT2D eigenvalue weighted by atomic mass is 9.51. The highest BCUT2D eigenvalue weighted by atomic mass is 16.5. The van der Waals surface area contributed by atoms with Crippen LogP contribution < -0.4 is 0 Å². The minimum atomic E-state index is -0.291. The van der Waals surface area contributed by atoms with Crippen molar-refractivity contribution in [1.82, 2.24) is 0 Å². The van der Waals surface area contributed by atoms with Crippen molar-refractivity contribution in [3.8, 4) is 0 Å². The zero-order chi connectivity index (χ0) is 24.1. The lowest BCUT2D eigenvalue weighted by Crippen LogP contribution is -2.47. The monoisotopic (exact) mass is 458 g/mol. The minimum Gasteiger partial charge on any atom is -0.463 e. The van der Waals surface area contributed by atoms with E-state index >= 15 is 0 Å². The van der Waals surface area contributed by atoms with Crippen LogP contribution in [0.25, 0.3) is 0 Å². The maximum Gasteiger partial charge on any atom is 0.307 e. The summed E-state index contributed by atoms with van der Waals surface area (Å²) in [5.41, 5.74) is 2.32. The molecule has 0 bridgehead atoms. The van der Waals surface area contributed by atoms with Gasteiger partial charge >= 0.3 is 17.9 Å². The molecule has 7 atom stereocenters. The fourth-order valence-electron chi connectivity index (χ4n) is 7.72. The first-order valence-electron chi connectivity index (χ1n) is 12.4. The summed E-state index contributed by atoms with van der Waals surface area (Å²) < 4.78 is 17.1. The number of carbonyl (C=O) groups excluding carboxylic acids is 3. The zero-order valence-electron chi connectivity index (χ0n) is 20.9. The summed E-state index contributed by atoms with van der Waals surface area (Å²) in [5.74, 6) is 0.958. The number of hydrogen-bond acceptors (Lipinski definition) is 6. The normalized spacial score (nSPS) is 38.3. The van der Waals surface area contributed by atoms with Crippen molar-refractivity contribution in [3.05, 3.63) is 23.0 Å². The van der Waals surface area contributed by atoms with Crippen LogP contribution >= 0.6 is 0 Å². The molecule has 6 heteroatoms. The van der Waals surface area contributed by atoms with Gasteiger partial charge in [0.25, 0.3) is 0 Å². The highest BCUT2D eigenvalue weighted by Gasteiger charge is 2.58. The Balaban J connectivity index is 1.73. The molecule has 182 valence electrons. The molecule has 0 saturated heterocycles. The molecule has 0 heterocycles. The van der Waals surface area contributed by atoms with Gasteiger partial charge in [-0.25, -0.2) is 0 Å². The predicted octanol–water partition coefficient (Wildman–Crippen LogP) is 5.26. The Labute approximate surface area is 197 Å². The third kappa shape index (κ3) is 4.15. The zero-order valence-corrected chi connectivity index (χ0v) is 20.9. The molecule has 0 aliphatic heterocycles. The molecular formula is C27H38O6. The predicted molar refractivity (Wildman–Crippen MR) is 123 cm³/mol. The van der Waals surface area contributed by atoms with Crippen LogP contribution in [0.5, 0.6) is 0 Å². The molecule has 0 spiro atoms. The number of carbonyl (C=O) groups is 3. The molecule has 2 fully saturated rings. The lowest BCUT2D eigenvalue weighted by molar-refractivity contribution is -0.152. The quantitative estimate of drug-likeness (QED) is 0.422. The summed E-state index contributed by atoms with van der Waals surface area (Å²) in [4.78, 5) is 35.4. The maximum atomic E-state index is 12.2. The molecule has 33 heavy (non-hydrogen) atoms. The number of allylic oxidation sites excluding steroid dienone is 4. The molecule has 4 aliphatic rings. The third-order valence-electron chi connectivity index (χ3n) is 9.04. The Kier molecular flexibility index (Phi) is 6.25. The van der Waals surface area contributed by atoms with Gasteiger partial charge in [-0.05, 0) is 79.3 Å². The maximum absolute atomic E-state index is 12.2. The van der Waals surface area contributed by atoms with Gasteiger partial charge in [-0.3, -0.25) is 14.4 Å². The van der Waals surface area contributed by atoms with Crippen molar-refractivity contribution in [1.29, 1.82) is 0 Å². The van der Waals surface area contributed by atoms with Crippen molar-refractivity contribution in [2.24, 2.45) is 28.6 Å². The van der Waals surface area contributed by atoms with Crippen LogP contribution in [0.3, 0.4) is 0 Å². The van der Waals surface area contributed by atoms with Gasteiger partial charge in [0.05, 0.1) is 0 Å². The number of hydrogen-bond donors (Lipinski definition) is 0. The Morgan fingerprint density at radius 3 is 2.39 bits per heavy atom. The highest BCUT2D eigenvalue weighted by molar-refractivity contribution is 5.68. The van der Waals surface area contributed by atoms with Crippen LogP contribution in [0, 0.1) is 28.6 Å².